The maximum atomic E-state index is 11.6. The summed E-state index contributed by atoms with van der Waals surface area (Å²) < 4.78 is 2.08. The van der Waals surface area contributed by atoms with Crippen molar-refractivity contribution in [3.05, 3.63) is 0 Å². The van der Waals surface area contributed by atoms with Gasteiger partial charge in [-0.1, -0.05) is 56.9 Å². The number of aliphatic imine (C=N–C) groups is 1. The Kier molecular flexibility index (Phi) is 9.02. The lowest BCUT2D eigenvalue weighted by Gasteiger charge is -2.22. The van der Waals surface area contributed by atoms with Crippen molar-refractivity contribution in [1.29, 1.82) is 0 Å². The Morgan fingerprint density at radius 1 is 1.48 bits per heavy atom. The van der Waals surface area contributed by atoms with E-state index in [2.05, 4.69) is 14.8 Å². The summed E-state index contributed by atoms with van der Waals surface area (Å²) in [6.45, 7) is 0.728. The van der Waals surface area contributed by atoms with E-state index >= 15 is 0 Å². The maximum absolute atomic E-state index is 11.6. The molecule has 7 nitrogen and oxygen atoms in total. The van der Waals surface area contributed by atoms with Crippen LogP contribution in [0, 0.1) is 11.8 Å². The Balaban J connectivity index is 1.86. The number of nitrogens with one attached hydrogen (secondary N) is 2. The monoisotopic (exact) mass is 372 g/mol. The van der Waals surface area contributed by atoms with E-state index in [9.17, 15) is 4.79 Å². The van der Waals surface area contributed by atoms with E-state index in [0.717, 1.165) is 25.3 Å². The van der Waals surface area contributed by atoms with Crippen LogP contribution in [-0.2, 0) is 9.63 Å². The third-order valence-electron chi connectivity index (χ3n) is 5.12. The number of nitrogens with zero attached hydrogens (tertiary/aromatic N) is 2. The van der Waals surface area contributed by atoms with Crippen molar-refractivity contribution in [1.82, 2.24) is 15.3 Å². The zero-order valence-corrected chi connectivity index (χ0v) is 16.2. The van der Waals surface area contributed by atoms with Crippen LogP contribution in [-0.4, -0.2) is 47.3 Å². The first-order chi connectivity index (χ1) is 12.1. The molecule has 0 radical (unpaired) electrons. The molecular weight excluding hydrogens is 340 g/mol. The smallest absolute Gasteiger partial charge is 0.244 e. The number of hydrogen-bond donors (Lipinski definition) is 3. The Bertz CT molecular complexity index is 444. The Morgan fingerprint density at radius 2 is 2.24 bits per heavy atom. The second-order valence-corrected chi connectivity index (χ2v) is 8.06. The van der Waals surface area contributed by atoms with E-state index in [-0.39, 0.29) is 18.5 Å². The molecule has 1 heterocycles. The van der Waals surface area contributed by atoms with Crippen LogP contribution in [0.5, 0.6) is 0 Å². The first kappa shape index (κ1) is 20.5. The zero-order chi connectivity index (χ0) is 18.1. The molecule has 2 unspecified atom stereocenters. The van der Waals surface area contributed by atoms with E-state index in [1.54, 1.807) is 17.4 Å². The fourth-order valence-electron chi connectivity index (χ4n) is 3.63. The lowest BCUT2D eigenvalue weighted by Crippen LogP contribution is -2.32. The van der Waals surface area contributed by atoms with Crippen molar-refractivity contribution in [2.75, 3.05) is 19.8 Å². The number of amides is 1. The molecule has 2 atom stereocenters. The number of rotatable bonds is 10. The van der Waals surface area contributed by atoms with Gasteiger partial charge >= 0.3 is 0 Å². The summed E-state index contributed by atoms with van der Waals surface area (Å²) in [6, 6.07) is 0. The summed E-state index contributed by atoms with van der Waals surface area (Å²) in [7, 11) is 2.00. The Morgan fingerprint density at radius 3 is 2.92 bits per heavy atom. The van der Waals surface area contributed by atoms with Crippen LogP contribution < -0.4 is 11.0 Å². The molecule has 0 aromatic heterocycles. The summed E-state index contributed by atoms with van der Waals surface area (Å²) in [5.74, 6) is 0.937. The van der Waals surface area contributed by atoms with Gasteiger partial charge in [0.05, 0.1) is 0 Å². The van der Waals surface area contributed by atoms with Gasteiger partial charge in [0.2, 0.25) is 11.8 Å². The van der Waals surface area contributed by atoms with Gasteiger partial charge in [0.25, 0.3) is 0 Å². The standard InChI is InChI=1S/C17H32N4O3S/c1-21(25-2)12-15-18-17(24-20-15)14(11-16(22)19-23)10-6-9-13-7-4-3-5-8-13/h13-15,20,23H,3-12H2,1-2H3,(H,19,22). The lowest BCUT2D eigenvalue weighted by molar-refractivity contribution is -0.129. The molecule has 3 N–H and O–H groups in total. The molecular formula is C17H32N4O3S. The van der Waals surface area contributed by atoms with Crippen molar-refractivity contribution < 1.29 is 14.8 Å². The molecule has 1 amide bonds. The Hall–Kier alpha value is -0.830. The van der Waals surface area contributed by atoms with Gasteiger partial charge in [-0.3, -0.25) is 14.3 Å². The Labute approximate surface area is 155 Å². The average Bonchev–Trinajstić information content (AvgIpc) is 3.09. The van der Waals surface area contributed by atoms with Gasteiger partial charge < -0.3 is 4.84 Å². The highest BCUT2D eigenvalue weighted by Crippen LogP contribution is 2.29. The second kappa shape index (κ2) is 11.0. The predicted octanol–water partition coefficient (Wildman–Crippen LogP) is 2.72. The number of hydrogen-bond acceptors (Lipinski definition) is 7. The van der Waals surface area contributed by atoms with Crippen molar-refractivity contribution in [3.63, 3.8) is 0 Å². The van der Waals surface area contributed by atoms with Gasteiger partial charge in [-0.2, -0.15) is 0 Å². The molecule has 0 bridgehead atoms. The maximum Gasteiger partial charge on any atom is 0.244 e. The lowest BCUT2D eigenvalue weighted by atomic mass is 9.84. The van der Waals surface area contributed by atoms with Gasteiger partial charge in [-0.15, -0.1) is 5.48 Å². The molecule has 2 rings (SSSR count). The van der Waals surface area contributed by atoms with Gasteiger partial charge in [-0.25, -0.2) is 10.5 Å². The number of carbonyl (C=O) groups is 1. The molecule has 2 aliphatic rings. The van der Waals surface area contributed by atoms with Crippen LogP contribution in [0.1, 0.15) is 57.8 Å². The van der Waals surface area contributed by atoms with E-state index in [0.29, 0.717) is 5.90 Å². The first-order valence-corrected chi connectivity index (χ1v) is 10.5. The molecule has 1 aliphatic carbocycles. The summed E-state index contributed by atoms with van der Waals surface area (Å²) in [5, 5.41) is 8.85. The SMILES string of the molecule is CSN(C)CC1N=C(C(CCCC2CCCCC2)CC(=O)NO)ON1. The largest absolute Gasteiger partial charge is 0.391 e. The number of likely N-dealkylation sites (N-methyl/N-ethyl adjacent to an activating group) is 1. The van der Waals surface area contributed by atoms with E-state index in [4.69, 9.17) is 10.0 Å². The second-order valence-electron chi connectivity index (χ2n) is 7.07. The van der Waals surface area contributed by atoms with Crippen LogP contribution in [0.3, 0.4) is 0 Å². The van der Waals surface area contributed by atoms with Crippen molar-refractivity contribution >= 4 is 23.8 Å². The molecule has 1 fully saturated rings. The van der Waals surface area contributed by atoms with Gasteiger partial charge in [-0.05, 0) is 25.6 Å². The summed E-state index contributed by atoms with van der Waals surface area (Å²) in [6.07, 6.45) is 12.0. The normalized spacial score (nSPS) is 22.6. The molecule has 1 saturated carbocycles. The minimum atomic E-state index is -0.390. The highest BCUT2D eigenvalue weighted by molar-refractivity contribution is 7.96. The summed E-state index contributed by atoms with van der Waals surface area (Å²) in [5.41, 5.74) is 4.66. The molecule has 1 aliphatic heterocycles. The van der Waals surface area contributed by atoms with Gasteiger partial charge in [0, 0.05) is 18.9 Å². The molecule has 0 spiro atoms. The highest BCUT2D eigenvalue weighted by atomic mass is 32.2. The average molecular weight is 373 g/mol. The summed E-state index contributed by atoms with van der Waals surface area (Å²) in [4.78, 5) is 21.8. The van der Waals surface area contributed by atoms with Crippen molar-refractivity contribution in [2.24, 2.45) is 16.8 Å². The topological polar surface area (TPSA) is 86.2 Å². The number of carbonyl (C=O) groups excluding carboxylic acids is 1. The third kappa shape index (κ3) is 7.13. The van der Waals surface area contributed by atoms with Crippen LogP contribution in [0.15, 0.2) is 4.99 Å². The zero-order valence-electron chi connectivity index (χ0n) is 15.4. The quantitative estimate of drug-likeness (QED) is 0.311. The highest BCUT2D eigenvalue weighted by Gasteiger charge is 2.28. The van der Waals surface area contributed by atoms with E-state index in [1.807, 2.05) is 13.3 Å². The minimum Gasteiger partial charge on any atom is -0.391 e. The first-order valence-electron chi connectivity index (χ1n) is 9.30. The van der Waals surface area contributed by atoms with Gasteiger partial charge in [0.15, 0.2) is 0 Å². The van der Waals surface area contributed by atoms with E-state index in [1.165, 1.54) is 38.5 Å². The summed E-state index contributed by atoms with van der Waals surface area (Å²) >= 11 is 1.64. The van der Waals surface area contributed by atoms with Crippen molar-refractivity contribution in [3.8, 4) is 0 Å². The fourth-order valence-corrected chi connectivity index (χ4v) is 3.92. The molecule has 0 saturated heterocycles. The van der Waals surface area contributed by atoms with Crippen LogP contribution in [0.2, 0.25) is 0 Å². The predicted molar refractivity (Wildman–Crippen MR) is 100 cm³/mol. The minimum absolute atomic E-state index is 0.0900. The molecule has 0 aromatic rings. The molecule has 25 heavy (non-hydrogen) atoms. The molecule has 144 valence electrons. The van der Waals surface area contributed by atoms with E-state index < -0.39 is 5.91 Å². The molecule has 0 aromatic carbocycles. The van der Waals surface area contributed by atoms with Crippen LogP contribution >= 0.6 is 11.9 Å². The van der Waals surface area contributed by atoms with Crippen LogP contribution in [0.4, 0.5) is 0 Å². The number of hydroxylamine groups is 2. The third-order valence-corrected chi connectivity index (χ3v) is 5.89. The van der Waals surface area contributed by atoms with Crippen LogP contribution in [0.25, 0.3) is 0 Å². The molecule has 8 heteroatoms. The fraction of sp³-hybridized carbons (Fsp3) is 0.882. The van der Waals surface area contributed by atoms with Crippen molar-refractivity contribution in [2.45, 2.75) is 64.0 Å². The van der Waals surface area contributed by atoms with Gasteiger partial charge in [0.1, 0.15) is 6.17 Å².